The van der Waals surface area contributed by atoms with Crippen LogP contribution < -0.4 is 10.2 Å². The summed E-state index contributed by atoms with van der Waals surface area (Å²) < 4.78 is 0. The van der Waals surface area contributed by atoms with Crippen LogP contribution in [0.5, 0.6) is 0 Å². The second-order valence-electron chi connectivity index (χ2n) is 3.94. The first-order chi connectivity index (χ1) is 8.72. The van der Waals surface area contributed by atoms with Gasteiger partial charge in [-0.1, -0.05) is 25.4 Å². The predicted octanol–water partition coefficient (Wildman–Crippen LogP) is 3.08. The maximum Gasteiger partial charge on any atom is 0.242 e. The van der Waals surface area contributed by atoms with E-state index >= 15 is 0 Å². The van der Waals surface area contributed by atoms with Gasteiger partial charge < -0.3 is 10.2 Å². The summed E-state index contributed by atoms with van der Waals surface area (Å²) in [6, 6.07) is 7.60. The van der Waals surface area contributed by atoms with E-state index in [2.05, 4.69) is 10.2 Å². The summed E-state index contributed by atoms with van der Waals surface area (Å²) in [7, 11) is 1.68. The minimum absolute atomic E-state index is 0.0359. The van der Waals surface area contributed by atoms with Gasteiger partial charge in [-0.05, 0) is 37.1 Å². The fraction of sp³-hybridized carbons (Fsp3) is 0.500. The Labute approximate surface area is 114 Å². The molecule has 0 aromatic heterocycles. The first kappa shape index (κ1) is 14.8. The highest BCUT2D eigenvalue weighted by atomic mass is 35.5. The molecule has 1 aromatic carbocycles. The van der Waals surface area contributed by atoms with E-state index in [1.54, 1.807) is 7.05 Å². The SMILES string of the molecule is CC.CNC(=O)C1CCCN1c1ccc(Cl)cc1. The number of amides is 1. The number of nitrogens with one attached hydrogen (secondary N) is 1. The standard InChI is InChI=1S/C12H15ClN2O.C2H6/c1-14-12(16)11-3-2-8-15(11)10-6-4-9(13)5-7-10;1-2/h4-7,11H,2-3,8H2,1H3,(H,14,16);1-2H3. The van der Waals surface area contributed by atoms with Crippen molar-refractivity contribution < 1.29 is 4.79 Å². The van der Waals surface area contributed by atoms with Crippen LogP contribution >= 0.6 is 11.6 Å². The van der Waals surface area contributed by atoms with Crippen LogP contribution in [0.4, 0.5) is 5.69 Å². The second-order valence-corrected chi connectivity index (χ2v) is 4.38. The van der Waals surface area contributed by atoms with Crippen molar-refractivity contribution in [2.45, 2.75) is 32.7 Å². The van der Waals surface area contributed by atoms with Crippen LogP contribution in [0.25, 0.3) is 0 Å². The minimum Gasteiger partial charge on any atom is -0.360 e. The van der Waals surface area contributed by atoms with E-state index < -0.39 is 0 Å². The molecule has 1 saturated heterocycles. The molecule has 1 heterocycles. The van der Waals surface area contributed by atoms with Crippen molar-refractivity contribution in [1.82, 2.24) is 5.32 Å². The molecule has 1 atom stereocenters. The van der Waals surface area contributed by atoms with Crippen molar-refractivity contribution in [3.8, 4) is 0 Å². The highest BCUT2D eigenvalue weighted by Crippen LogP contribution is 2.26. The third kappa shape index (κ3) is 3.39. The maximum absolute atomic E-state index is 11.7. The molecule has 2 rings (SSSR count). The molecule has 1 aromatic rings. The molecule has 1 aliphatic heterocycles. The zero-order valence-corrected chi connectivity index (χ0v) is 12.0. The molecule has 1 aliphatic rings. The number of carbonyl (C=O) groups excluding carboxylic acids is 1. The highest BCUT2D eigenvalue weighted by molar-refractivity contribution is 6.30. The lowest BCUT2D eigenvalue weighted by molar-refractivity contribution is -0.121. The van der Waals surface area contributed by atoms with E-state index in [9.17, 15) is 4.79 Å². The van der Waals surface area contributed by atoms with Crippen LogP contribution in [0.1, 0.15) is 26.7 Å². The fourth-order valence-corrected chi connectivity index (χ4v) is 2.27. The Kier molecular flexibility index (Phi) is 5.99. The first-order valence-electron chi connectivity index (χ1n) is 6.46. The van der Waals surface area contributed by atoms with Crippen molar-refractivity contribution in [3.63, 3.8) is 0 Å². The first-order valence-corrected chi connectivity index (χ1v) is 6.84. The molecule has 1 unspecified atom stereocenters. The van der Waals surface area contributed by atoms with E-state index in [0.29, 0.717) is 0 Å². The molecule has 100 valence electrons. The van der Waals surface area contributed by atoms with Gasteiger partial charge in [0.2, 0.25) is 5.91 Å². The number of hydrogen-bond donors (Lipinski definition) is 1. The van der Waals surface area contributed by atoms with Gasteiger partial charge in [0.1, 0.15) is 6.04 Å². The molecular formula is C14H21ClN2O. The van der Waals surface area contributed by atoms with Crippen LogP contribution in [-0.4, -0.2) is 25.5 Å². The molecule has 0 aliphatic carbocycles. The lowest BCUT2D eigenvalue weighted by Crippen LogP contribution is -2.41. The Balaban J connectivity index is 0.000000771. The average Bonchev–Trinajstić information content (AvgIpc) is 2.90. The lowest BCUT2D eigenvalue weighted by atomic mass is 10.2. The van der Waals surface area contributed by atoms with Crippen molar-refractivity contribution in [2.24, 2.45) is 0 Å². The Morgan fingerprint density at radius 3 is 2.50 bits per heavy atom. The Bertz CT molecular complexity index is 378. The predicted molar refractivity (Wildman–Crippen MR) is 77.2 cm³/mol. The van der Waals surface area contributed by atoms with Gasteiger partial charge in [-0.15, -0.1) is 0 Å². The van der Waals surface area contributed by atoms with Gasteiger partial charge in [-0.3, -0.25) is 4.79 Å². The Hall–Kier alpha value is -1.22. The number of likely N-dealkylation sites (N-methyl/N-ethyl adjacent to an activating group) is 1. The van der Waals surface area contributed by atoms with Gasteiger partial charge in [0.25, 0.3) is 0 Å². The van der Waals surface area contributed by atoms with Crippen LogP contribution in [0.2, 0.25) is 5.02 Å². The average molecular weight is 269 g/mol. The molecule has 0 bridgehead atoms. The molecule has 0 saturated carbocycles. The maximum atomic E-state index is 11.7. The smallest absolute Gasteiger partial charge is 0.242 e. The zero-order chi connectivity index (χ0) is 13.5. The van der Waals surface area contributed by atoms with Gasteiger partial charge in [-0.2, -0.15) is 0 Å². The van der Waals surface area contributed by atoms with Crippen LogP contribution in [0.15, 0.2) is 24.3 Å². The van der Waals surface area contributed by atoms with Crippen LogP contribution in [0.3, 0.4) is 0 Å². The number of rotatable bonds is 2. The monoisotopic (exact) mass is 268 g/mol. The zero-order valence-electron chi connectivity index (χ0n) is 11.2. The van der Waals surface area contributed by atoms with E-state index in [1.165, 1.54) is 0 Å². The molecule has 0 spiro atoms. The molecule has 18 heavy (non-hydrogen) atoms. The Morgan fingerprint density at radius 1 is 1.33 bits per heavy atom. The van der Waals surface area contributed by atoms with Gasteiger partial charge in [0.15, 0.2) is 0 Å². The summed E-state index contributed by atoms with van der Waals surface area (Å²) in [4.78, 5) is 13.8. The van der Waals surface area contributed by atoms with Gasteiger partial charge in [-0.25, -0.2) is 0 Å². The largest absolute Gasteiger partial charge is 0.360 e. The van der Waals surface area contributed by atoms with E-state index in [0.717, 1.165) is 30.1 Å². The number of nitrogens with zero attached hydrogens (tertiary/aromatic N) is 1. The van der Waals surface area contributed by atoms with Gasteiger partial charge in [0, 0.05) is 24.3 Å². The quantitative estimate of drug-likeness (QED) is 0.894. The minimum atomic E-state index is -0.0359. The molecular weight excluding hydrogens is 248 g/mol. The van der Waals surface area contributed by atoms with Crippen LogP contribution in [0, 0.1) is 0 Å². The number of carbonyl (C=O) groups is 1. The highest BCUT2D eigenvalue weighted by Gasteiger charge is 2.29. The molecule has 1 fully saturated rings. The number of benzene rings is 1. The van der Waals surface area contributed by atoms with Crippen molar-refractivity contribution in [3.05, 3.63) is 29.3 Å². The van der Waals surface area contributed by atoms with Gasteiger partial charge >= 0.3 is 0 Å². The number of anilines is 1. The topological polar surface area (TPSA) is 32.3 Å². The molecule has 3 nitrogen and oxygen atoms in total. The summed E-state index contributed by atoms with van der Waals surface area (Å²) >= 11 is 5.85. The Morgan fingerprint density at radius 2 is 1.94 bits per heavy atom. The normalized spacial score (nSPS) is 18.0. The molecule has 1 amide bonds. The van der Waals surface area contributed by atoms with Crippen molar-refractivity contribution in [2.75, 3.05) is 18.5 Å². The third-order valence-electron chi connectivity index (χ3n) is 2.96. The third-order valence-corrected chi connectivity index (χ3v) is 3.21. The van der Waals surface area contributed by atoms with Gasteiger partial charge in [0.05, 0.1) is 0 Å². The summed E-state index contributed by atoms with van der Waals surface area (Å²) in [5, 5.41) is 3.43. The molecule has 1 N–H and O–H groups in total. The fourth-order valence-electron chi connectivity index (χ4n) is 2.15. The summed E-state index contributed by atoms with van der Waals surface area (Å²) in [6.07, 6.45) is 1.98. The van der Waals surface area contributed by atoms with E-state index in [1.807, 2.05) is 38.1 Å². The lowest BCUT2D eigenvalue weighted by Gasteiger charge is -2.25. The van der Waals surface area contributed by atoms with E-state index in [-0.39, 0.29) is 11.9 Å². The van der Waals surface area contributed by atoms with Crippen LogP contribution in [-0.2, 0) is 4.79 Å². The number of halogens is 1. The van der Waals surface area contributed by atoms with Crippen molar-refractivity contribution in [1.29, 1.82) is 0 Å². The number of hydrogen-bond acceptors (Lipinski definition) is 2. The summed E-state index contributed by atoms with van der Waals surface area (Å²) in [6.45, 7) is 4.93. The molecule has 4 heteroatoms. The second kappa shape index (κ2) is 7.27. The van der Waals surface area contributed by atoms with Crippen molar-refractivity contribution >= 4 is 23.2 Å². The van der Waals surface area contributed by atoms with E-state index in [4.69, 9.17) is 11.6 Å². The summed E-state index contributed by atoms with van der Waals surface area (Å²) in [5.74, 6) is 0.0902. The molecule has 0 radical (unpaired) electrons. The summed E-state index contributed by atoms with van der Waals surface area (Å²) in [5.41, 5.74) is 1.07.